The van der Waals surface area contributed by atoms with Gasteiger partial charge in [0.15, 0.2) is 11.5 Å². The fourth-order valence-electron chi connectivity index (χ4n) is 2.10. The van der Waals surface area contributed by atoms with Gasteiger partial charge >= 0.3 is 0 Å². The maximum Gasteiger partial charge on any atom is 0.251 e. The van der Waals surface area contributed by atoms with Crippen LogP contribution < -0.4 is 14.8 Å². The van der Waals surface area contributed by atoms with Crippen molar-refractivity contribution in [1.82, 2.24) is 10.3 Å². The summed E-state index contributed by atoms with van der Waals surface area (Å²) in [7, 11) is 0. The lowest BCUT2D eigenvalue weighted by atomic mass is 10.1. The lowest BCUT2D eigenvalue weighted by Crippen LogP contribution is -2.23. The average Bonchev–Trinajstić information content (AvgIpc) is 2.64. The van der Waals surface area contributed by atoms with Gasteiger partial charge in [-0.05, 0) is 42.7 Å². The Bertz CT molecular complexity index is 690. The van der Waals surface area contributed by atoms with E-state index in [0.29, 0.717) is 42.0 Å². The molecule has 0 aliphatic heterocycles. The highest BCUT2D eigenvalue weighted by Crippen LogP contribution is 2.29. The molecule has 0 unspecified atom stereocenters. The van der Waals surface area contributed by atoms with E-state index in [1.807, 2.05) is 19.9 Å². The van der Waals surface area contributed by atoms with Crippen LogP contribution in [0.5, 0.6) is 11.5 Å². The van der Waals surface area contributed by atoms with E-state index in [2.05, 4.69) is 10.3 Å². The minimum absolute atomic E-state index is 0.182. The molecule has 0 aliphatic carbocycles. The molecular formula is C19H23ClN2O3. The summed E-state index contributed by atoms with van der Waals surface area (Å²) >= 11 is 5.76. The van der Waals surface area contributed by atoms with E-state index >= 15 is 0 Å². The second-order valence-corrected chi connectivity index (χ2v) is 5.92. The average molecular weight is 363 g/mol. The van der Waals surface area contributed by atoms with E-state index in [0.717, 1.165) is 18.4 Å². The second kappa shape index (κ2) is 9.89. The highest BCUT2D eigenvalue weighted by molar-refractivity contribution is 6.29. The van der Waals surface area contributed by atoms with Crippen molar-refractivity contribution in [3.8, 4) is 11.5 Å². The molecule has 2 rings (SSSR count). The van der Waals surface area contributed by atoms with Crippen LogP contribution in [0.15, 0.2) is 36.5 Å². The van der Waals surface area contributed by atoms with Gasteiger partial charge in [0.25, 0.3) is 5.91 Å². The van der Waals surface area contributed by atoms with Gasteiger partial charge in [-0.15, -0.1) is 0 Å². The smallest absolute Gasteiger partial charge is 0.251 e. The Morgan fingerprint density at radius 3 is 2.44 bits per heavy atom. The van der Waals surface area contributed by atoms with Crippen molar-refractivity contribution in [2.75, 3.05) is 13.2 Å². The Balaban J connectivity index is 2.05. The molecule has 0 fully saturated rings. The molecule has 0 radical (unpaired) electrons. The van der Waals surface area contributed by atoms with Crippen LogP contribution in [-0.2, 0) is 6.54 Å². The SMILES string of the molecule is CCCOc1ccc(C(=O)NCc2ccc(Cl)nc2)cc1OCCC. The first-order chi connectivity index (χ1) is 12.1. The van der Waals surface area contributed by atoms with Gasteiger partial charge in [-0.2, -0.15) is 0 Å². The van der Waals surface area contributed by atoms with Crippen molar-refractivity contribution in [2.24, 2.45) is 0 Å². The van der Waals surface area contributed by atoms with Crippen molar-refractivity contribution >= 4 is 17.5 Å². The number of carbonyl (C=O) groups is 1. The Morgan fingerprint density at radius 1 is 1.08 bits per heavy atom. The lowest BCUT2D eigenvalue weighted by Gasteiger charge is -2.13. The van der Waals surface area contributed by atoms with E-state index in [1.54, 1.807) is 30.5 Å². The third-order valence-corrected chi connectivity index (χ3v) is 3.59. The molecule has 0 saturated heterocycles. The molecule has 0 atom stereocenters. The molecule has 0 spiro atoms. The quantitative estimate of drug-likeness (QED) is 0.678. The number of pyridine rings is 1. The summed E-state index contributed by atoms with van der Waals surface area (Å²) in [6, 6.07) is 8.75. The standard InChI is InChI=1S/C19H23ClN2O3/c1-3-9-24-16-7-6-15(11-17(16)25-10-4-2)19(23)22-13-14-5-8-18(20)21-12-14/h5-8,11-12H,3-4,9-10,13H2,1-2H3,(H,22,23). The summed E-state index contributed by atoms with van der Waals surface area (Å²) in [6.07, 6.45) is 3.43. The normalized spacial score (nSPS) is 10.4. The fraction of sp³-hybridized carbons (Fsp3) is 0.368. The summed E-state index contributed by atoms with van der Waals surface area (Å²) in [5.74, 6) is 1.07. The number of amides is 1. The summed E-state index contributed by atoms with van der Waals surface area (Å²) in [6.45, 7) is 5.63. The Labute approximate surface area is 153 Å². The molecule has 134 valence electrons. The van der Waals surface area contributed by atoms with Crippen LogP contribution in [0.4, 0.5) is 0 Å². The number of ether oxygens (including phenoxy) is 2. The van der Waals surface area contributed by atoms with Gasteiger partial charge < -0.3 is 14.8 Å². The van der Waals surface area contributed by atoms with Crippen LogP contribution >= 0.6 is 11.6 Å². The van der Waals surface area contributed by atoms with Crippen molar-refractivity contribution in [3.05, 3.63) is 52.8 Å². The highest BCUT2D eigenvalue weighted by atomic mass is 35.5. The molecule has 1 heterocycles. The van der Waals surface area contributed by atoms with E-state index in [9.17, 15) is 4.79 Å². The van der Waals surface area contributed by atoms with Gasteiger partial charge in [0, 0.05) is 18.3 Å². The van der Waals surface area contributed by atoms with Gasteiger partial charge in [-0.3, -0.25) is 4.79 Å². The maximum atomic E-state index is 12.4. The summed E-state index contributed by atoms with van der Waals surface area (Å²) in [5, 5.41) is 3.29. The van der Waals surface area contributed by atoms with E-state index < -0.39 is 0 Å². The van der Waals surface area contributed by atoms with Crippen LogP contribution in [0.2, 0.25) is 5.15 Å². The number of nitrogens with one attached hydrogen (secondary N) is 1. The first kappa shape index (κ1) is 19.1. The van der Waals surface area contributed by atoms with Gasteiger partial charge in [0.2, 0.25) is 0 Å². The number of hydrogen-bond acceptors (Lipinski definition) is 4. The molecule has 1 amide bonds. The Hall–Kier alpha value is -2.27. The van der Waals surface area contributed by atoms with Gasteiger partial charge in [0.05, 0.1) is 13.2 Å². The van der Waals surface area contributed by atoms with Gasteiger partial charge in [0.1, 0.15) is 5.15 Å². The molecule has 1 aromatic heterocycles. The van der Waals surface area contributed by atoms with Crippen LogP contribution in [-0.4, -0.2) is 24.1 Å². The minimum atomic E-state index is -0.182. The number of benzene rings is 1. The van der Waals surface area contributed by atoms with Crippen molar-refractivity contribution < 1.29 is 14.3 Å². The number of carbonyl (C=O) groups excluding carboxylic acids is 1. The Kier molecular flexibility index (Phi) is 7.54. The molecule has 25 heavy (non-hydrogen) atoms. The first-order valence-electron chi connectivity index (χ1n) is 8.42. The monoisotopic (exact) mass is 362 g/mol. The van der Waals surface area contributed by atoms with Crippen molar-refractivity contribution in [3.63, 3.8) is 0 Å². The predicted octanol–water partition coefficient (Wildman–Crippen LogP) is 4.24. The number of hydrogen-bond donors (Lipinski definition) is 1. The summed E-state index contributed by atoms with van der Waals surface area (Å²) < 4.78 is 11.4. The van der Waals surface area contributed by atoms with E-state index in [1.165, 1.54) is 0 Å². The molecular weight excluding hydrogens is 340 g/mol. The summed E-state index contributed by atoms with van der Waals surface area (Å²) in [4.78, 5) is 16.4. The predicted molar refractivity (Wildman–Crippen MR) is 98.4 cm³/mol. The van der Waals surface area contributed by atoms with Crippen LogP contribution in [0.25, 0.3) is 0 Å². The Morgan fingerprint density at radius 2 is 1.80 bits per heavy atom. The van der Waals surface area contributed by atoms with Crippen LogP contribution in [0.3, 0.4) is 0 Å². The van der Waals surface area contributed by atoms with Crippen LogP contribution in [0, 0.1) is 0 Å². The van der Waals surface area contributed by atoms with Gasteiger partial charge in [-0.1, -0.05) is 31.5 Å². The first-order valence-corrected chi connectivity index (χ1v) is 8.80. The number of nitrogens with zero attached hydrogens (tertiary/aromatic N) is 1. The van der Waals surface area contributed by atoms with E-state index in [4.69, 9.17) is 21.1 Å². The van der Waals surface area contributed by atoms with Crippen molar-refractivity contribution in [2.45, 2.75) is 33.2 Å². The van der Waals surface area contributed by atoms with Gasteiger partial charge in [-0.25, -0.2) is 4.98 Å². The molecule has 1 aromatic carbocycles. The zero-order valence-corrected chi connectivity index (χ0v) is 15.3. The maximum absolute atomic E-state index is 12.4. The molecule has 0 saturated carbocycles. The number of halogens is 1. The third kappa shape index (κ3) is 5.94. The largest absolute Gasteiger partial charge is 0.490 e. The second-order valence-electron chi connectivity index (χ2n) is 5.53. The van der Waals surface area contributed by atoms with Crippen LogP contribution in [0.1, 0.15) is 42.6 Å². The zero-order chi connectivity index (χ0) is 18.1. The minimum Gasteiger partial charge on any atom is -0.490 e. The van der Waals surface area contributed by atoms with E-state index in [-0.39, 0.29) is 5.91 Å². The molecule has 5 nitrogen and oxygen atoms in total. The molecule has 6 heteroatoms. The molecule has 0 aliphatic rings. The molecule has 1 N–H and O–H groups in total. The lowest BCUT2D eigenvalue weighted by molar-refractivity contribution is 0.0950. The number of rotatable bonds is 9. The molecule has 2 aromatic rings. The topological polar surface area (TPSA) is 60.5 Å². The number of aromatic nitrogens is 1. The van der Waals surface area contributed by atoms with Crippen molar-refractivity contribution in [1.29, 1.82) is 0 Å². The summed E-state index contributed by atoms with van der Waals surface area (Å²) in [5.41, 5.74) is 1.40. The fourth-order valence-corrected chi connectivity index (χ4v) is 2.21. The third-order valence-electron chi connectivity index (χ3n) is 3.37. The zero-order valence-electron chi connectivity index (χ0n) is 14.5. The highest BCUT2D eigenvalue weighted by Gasteiger charge is 2.12. The molecule has 0 bridgehead atoms.